The van der Waals surface area contributed by atoms with E-state index in [4.69, 9.17) is 0 Å². The minimum Gasteiger partial charge on any atom is -0.394 e. The normalized spacial score (nSPS) is 19.8. The van der Waals surface area contributed by atoms with Gasteiger partial charge in [-0.05, 0) is 25.3 Å². The van der Waals surface area contributed by atoms with Gasteiger partial charge in [0.15, 0.2) is 0 Å². The van der Waals surface area contributed by atoms with E-state index in [1.807, 2.05) is 6.07 Å². The van der Waals surface area contributed by atoms with Crippen molar-refractivity contribution in [1.82, 2.24) is 15.5 Å². The molecule has 0 saturated heterocycles. The molecule has 2 rings (SSSR count). The molecule has 0 unspecified atom stereocenters. The summed E-state index contributed by atoms with van der Waals surface area (Å²) in [6.45, 7) is 1.00. The number of rotatable bonds is 4. The predicted molar refractivity (Wildman–Crippen MR) is 49.1 cm³/mol. The van der Waals surface area contributed by atoms with Gasteiger partial charge >= 0.3 is 0 Å². The summed E-state index contributed by atoms with van der Waals surface area (Å²) in [4.78, 5) is 0. The van der Waals surface area contributed by atoms with Crippen molar-refractivity contribution in [3.8, 4) is 0 Å². The fourth-order valence-corrected chi connectivity index (χ4v) is 1.66. The summed E-state index contributed by atoms with van der Waals surface area (Å²) < 4.78 is 0. The highest BCUT2D eigenvalue weighted by molar-refractivity contribution is 5.01. The highest BCUT2D eigenvalue weighted by Gasteiger charge is 2.35. The van der Waals surface area contributed by atoms with Gasteiger partial charge in [-0.3, -0.25) is 5.10 Å². The van der Waals surface area contributed by atoms with Crippen molar-refractivity contribution in [3.05, 3.63) is 18.0 Å². The van der Waals surface area contributed by atoms with Crippen molar-refractivity contribution in [2.24, 2.45) is 0 Å². The van der Waals surface area contributed by atoms with Gasteiger partial charge in [0.2, 0.25) is 0 Å². The summed E-state index contributed by atoms with van der Waals surface area (Å²) in [5.41, 5.74) is 1.06. The second-order valence-corrected chi connectivity index (χ2v) is 3.73. The Labute approximate surface area is 77.4 Å². The number of aromatic nitrogens is 2. The molecule has 72 valence electrons. The van der Waals surface area contributed by atoms with Crippen LogP contribution in [0, 0.1) is 0 Å². The van der Waals surface area contributed by atoms with Gasteiger partial charge in [-0.15, -0.1) is 0 Å². The Morgan fingerprint density at radius 2 is 2.46 bits per heavy atom. The van der Waals surface area contributed by atoms with Crippen molar-refractivity contribution < 1.29 is 5.11 Å². The number of H-pyrrole nitrogens is 1. The van der Waals surface area contributed by atoms with Crippen LogP contribution in [0.2, 0.25) is 0 Å². The number of aliphatic hydroxyl groups excluding tert-OH is 1. The summed E-state index contributed by atoms with van der Waals surface area (Å²) in [6.07, 6.45) is 5.12. The summed E-state index contributed by atoms with van der Waals surface area (Å²) in [6, 6.07) is 1.94. The zero-order valence-electron chi connectivity index (χ0n) is 7.58. The van der Waals surface area contributed by atoms with E-state index >= 15 is 0 Å². The van der Waals surface area contributed by atoms with Gasteiger partial charge < -0.3 is 10.4 Å². The van der Waals surface area contributed by atoms with E-state index in [2.05, 4.69) is 15.5 Å². The van der Waals surface area contributed by atoms with Crippen LogP contribution >= 0.6 is 0 Å². The minimum atomic E-state index is -0.00882. The third-order valence-electron chi connectivity index (χ3n) is 2.83. The second kappa shape index (κ2) is 3.47. The molecule has 4 nitrogen and oxygen atoms in total. The lowest BCUT2D eigenvalue weighted by Gasteiger charge is -2.41. The molecule has 1 aliphatic carbocycles. The molecule has 1 heterocycles. The lowest BCUT2D eigenvalue weighted by molar-refractivity contribution is 0.0868. The highest BCUT2D eigenvalue weighted by atomic mass is 16.3. The number of aliphatic hydroxyl groups is 1. The predicted octanol–water partition coefficient (Wildman–Crippen LogP) is 0.414. The van der Waals surface area contributed by atoms with Gasteiger partial charge in [-0.25, -0.2) is 0 Å². The Hall–Kier alpha value is -0.870. The molecule has 0 spiro atoms. The van der Waals surface area contributed by atoms with E-state index in [1.165, 1.54) is 6.42 Å². The molecular formula is C9H15N3O. The molecule has 0 atom stereocenters. The molecule has 1 saturated carbocycles. The van der Waals surface area contributed by atoms with Crippen molar-refractivity contribution >= 4 is 0 Å². The van der Waals surface area contributed by atoms with Crippen molar-refractivity contribution in [1.29, 1.82) is 0 Å². The number of aromatic amines is 1. The minimum absolute atomic E-state index is 0.00882. The summed E-state index contributed by atoms with van der Waals surface area (Å²) in [7, 11) is 0. The van der Waals surface area contributed by atoms with E-state index in [0.29, 0.717) is 0 Å². The molecule has 0 bridgehead atoms. The molecule has 13 heavy (non-hydrogen) atoms. The Morgan fingerprint density at radius 1 is 1.62 bits per heavy atom. The topological polar surface area (TPSA) is 60.9 Å². The molecule has 1 aliphatic rings. The van der Waals surface area contributed by atoms with Gasteiger partial charge in [0.1, 0.15) is 0 Å². The third-order valence-corrected chi connectivity index (χ3v) is 2.83. The Bertz CT molecular complexity index is 248. The average Bonchev–Trinajstić information content (AvgIpc) is 2.56. The SMILES string of the molecule is OCC1(NCc2ccn[nH]2)CCC1. The van der Waals surface area contributed by atoms with Crippen LogP contribution in [-0.4, -0.2) is 27.4 Å². The molecule has 0 amide bonds. The van der Waals surface area contributed by atoms with E-state index in [0.717, 1.165) is 25.1 Å². The number of hydrogen-bond acceptors (Lipinski definition) is 3. The maximum atomic E-state index is 9.18. The first kappa shape index (κ1) is 8.72. The van der Waals surface area contributed by atoms with Crippen molar-refractivity contribution in [2.45, 2.75) is 31.3 Å². The van der Waals surface area contributed by atoms with E-state index in [9.17, 15) is 5.11 Å². The first-order chi connectivity index (χ1) is 6.35. The molecule has 0 radical (unpaired) electrons. The van der Waals surface area contributed by atoms with Crippen molar-refractivity contribution in [2.75, 3.05) is 6.61 Å². The molecule has 3 N–H and O–H groups in total. The molecule has 1 aromatic rings. The van der Waals surface area contributed by atoms with Crippen LogP contribution in [-0.2, 0) is 6.54 Å². The average molecular weight is 181 g/mol. The van der Waals surface area contributed by atoms with Gasteiger partial charge in [0.25, 0.3) is 0 Å². The first-order valence-corrected chi connectivity index (χ1v) is 4.69. The fraction of sp³-hybridized carbons (Fsp3) is 0.667. The van der Waals surface area contributed by atoms with Gasteiger partial charge in [0.05, 0.1) is 6.61 Å². The maximum Gasteiger partial charge on any atom is 0.0613 e. The van der Waals surface area contributed by atoms with Crippen LogP contribution in [0.5, 0.6) is 0 Å². The van der Waals surface area contributed by atoms with Gasteiger partial charge in [-0.1, -0.05) is 0 Å². The van der Waals surface area contributed by atoms with Crippen molar-refractivity contribution in [3.63, 3.8) is 0 Å². The summed E-state index contributed by atoms with van der Waals surface area (Å²) in [5.74, 6) is 0. The van der Waals surface area contributed by atoms with Crippen LogP contribution in [0.1, 0.15) is 25.0 Å². The monoisotopic (exact) mass is 181 g/mol. The maximum absolute atomic E-state index is 9.18. The summed E-state index contributed by atoms with van der Waals surface area (Å²) in [5, 5.41) is 19.3. The molecule has 1 aromatic heterocycles. The van der Waals surface area contributed by atoms with E-state index in [-0.39, 0.29) is 12.1 Å². The molecule has 0 aromatic carbocycles. The van der Waals surface area contributed by atoms with E-state index in [1.54, 1.807) is 6.20 Å². The third kappa shape index (κ3) is 1.73. The summed E-state index contributed by atoms with van der Waals surface area (Å²) >= 11 is 0. The van der Waals surface area contributed by atoms with Gasteiger partial charge in [0, 0.05) is 24.0 Å². The first-order valence-electron chi connectivity index (χ1n) is 4.69. The molecular weight excluding hydrogens is 166 g/mol. The lowest BCUT2D eigenvalue weighted by atomic mass is 9.77. The number of nitrogens with one attached hydrogen (secondary N) is 2. The zero-order chi connectivity index (χ0) is 9.15. The number of hydrogen-bond donors (Lipinski definition) is 3. The van der Waals surface area contributed by atoms with E-state index < -0.39 is 0 Å². The quantitative estimate of drug-likeness (QED) is 0.630. The highest BCUT2D eigenvalue weighted by Crippen LogP contribution is 2.31. The standard InChI is InChI=1S/C9H15N3O/c13-7-9(3-1-4-9)10-6-8-2-5-11-12-8/h2,5,10,13H,1,3-4,6-7H2,(H,11,12). The Balaban J connectivity index is 1.84. The number of nitrogens with zero attached hydrogens (tertiary/aromatic N) is 1. The molecule has 0 aliphatic heterocycles. The Kier molecular flexibility index (Phi) is 2.33. The van der Waals surface area contributed by atoms with Crippen LogP contribution in [0.3, 0.4) is 0 Å². The van der Waals surface area contributed by atoms with Crippen LogP contribution < -0.4 is 5.32 Å². The zero-order valence-corrected chi connectivity index (χ0v) is 7.58. The molecule has 4 heteroatoms. The van der Waals surface area contributed by atoms with Crippen LogP contribution in [0.15, 0.2) is 12.3 Å². The fourth-order valence-electron chi connectivity index (χ4n) is 1.66. The smallest absolute Gasteiger partial charge is 0.0613 e. The van der Waals surface area contributed by atoms with Crippen LogP contribution in [0.4, 0.5) is 0 Å². The van der Waals surface area contributed by atoms with Crippen LogP contribution in [0.25, 0.3) is 0 Å². The van der Waals surface area contributed by atoms with Gasteiger partial charge in [-0.2, -0.15) is 5.10 Å². The lowest BCUT2D eigenvalue weighted by Crippen LogP contribution is -2.53. The largest absolute Gasteiger partial charge is 0.394 e. The molecule has 1 fully saturated rings. The second-order valence-electron chi connectivity index (χ2n) is 3.73. The Morgan fingerprint density at radius 3 is 2.92 bits per heavy atom.